The highest BCUT2D eigenvalue weighted by Gasteiger charge is 2.19. The molecule has 3 aromatic rings. The lowest BCUT2D eigenvalue weighted by Gasteiger charge is -2.26. The maximum absolute atomic E-state index is 12.3. The van der Waals surface area contributed by atoms with E-state index in [1.807, 2.05) is 62.4 Å². The van der Waals surface area contributed by atoms with Crippen LogP contribution in [0.4, 0.5) is 5.69 Å². The van der Waals surface area contributed by atoms with Crippen LogP contribution in [0.5, 0.6) is 5.75 Å². The predicted octanol–water partition coefficient (Wildman–Crippen LogP) is 4.72. The van der Waals surface area contributed by atoms with Crippen LogP contribution in [-0.4, -0.2) is 11.0 Å². The zero-order chi connectivity index (χ0) is 17.3. The van der Waals surface area contributed by atoms with Gasteiger partial charge in [0.25, 0.3) is 0 Å². The average Bonchev–Trinajstić information content (AvgIpc) is 2.55. The van der Waals surface area contributed by atoms with Crippen LogP contribution in [0.25, 0.3) is 10.8 Å². The van der Waals surface area contributed by atoms with Gasteiger partial charge in [0.2, 0.25) is 5.91 Å². The zero-order valence-electron chi connectivity index (χ0n) is 14.2. The lowest BCUT2D eigenvalue weighted by Crippen LogP contribution is -2.29. The molecule has 3 nitrogen and oxygen atoms in total. The molecule has 0 heterocycles. The van der Waals surface area contributed by atoms with E-state index in [2.05, 4.69) is 0 Å². The zero-order valence-corrected chi connectivity index (χ0v) is 14.2. The molecule has 0 saturated heterocycles. The van der Waals surface area contributed by atoms with Crippen molar-refractivity contribution in [2.75, 3.05) is 4.90 Å². The Hall–Kier alpha value is -2.81. The lowest BCUT2D eigenvalue weighted by atomic mass is 10.0. The van der Waals surface area contributed by atoms with Gasteiger partial charge < -0.3 is 10.0 Å². The van der Waals surface area contributed by atoms with Crippen LogP contribution >= 0.6 is 0 Å². The van der Waals surface area contributed by atoms with Crippen molar-refractivity contribution in [2.45, 2.75) is 27.3 Å². The molecule has 0 unspecified atom stereocenters. The number of para-hydroxylation sites is 1. The third kappa shape index (κ3) is 2.85. The van der Waals surface area contributed by atoms with Gasteiger partial charge in [0.15, 0.2) is 0 Å². The number of rotatable bonds is 3. The smallest absolute Gasteiger partial charge is 0.224 e. The van der Waals surface area contributed by atoms with Crippen LogP contribution in [-0.2, 0) is 11.3 Å². The molecule has 0 bridgehead atoms. The van der Waals surface area contributed by atoms with Crippen LogP contribution in [0.2, 0.25) is 0 Å². The molecule has 0 saturated carbocycles. The number of amides is 1. The van der Waals surface area contributed by atoms with Gasteiger partial charge in [0, 0.05) is 18.2 Å². The molecule has 0 spiro atoms. The molecular weight excluding hydrogens is 298 g/mol. The number of anilines is 1. The second kappa shape index (κ2) is 6.36. The normalized spacial score (nSPS) is 10.8. The predicted molar refractivity (Wildman–Crippen MR) is 98.4 cm³/mol. The van der Waals surface area contributed by atoms with Gasteiger partial charge in [-0.3, -0.25) is 4.79 Å². The van der Waals surface area contributed by atoms with E-state index in [1.165, 1.54) is 0 Å². The number of carbonyl (C=O) groups is 1. The number of hydrogen-bond acceptors (Lipinski definition) is 2. The summed E-state index contributed by atoms with van der Waals surface area (Å²) in [5.41, 5.74) is 3.78. The Morgan fingerprint density at radius 3 is 2.29 bits per heavy atom. The van der Waals surface area contributed by atoms with Crippen molar-refractivity contribution in [3.05, 3.63) is 71.3 Å². The summed E-state index contributed by atoms with van der Waals surface area (Å²) in [6.45, 7) is 5.91. The SMILES string of the molecule is CC(=O)N(Cc1c(O)ccc2ccccc12)c1c(C)cccc1C. The average molecular weight is 319 g/mol. The van der Waals surface area contributed by atoms with E-state index in [-0.39, 0.29) is 11.7 Å². The highest BCUT2D eigenvalue weighted by Crippen LogP contribution is 2.32. The number of phenolic OH excluding ortho intramolecular Hbond substituents is 1. The Balaban J connectivity index is 2.14. The van der Waals surface area contributed by atoms with Crippen molar-refractivity contribution < 1.29 is 9.90 Å². The van der Waals surface area contributed by atoms with Gasteiger partial charge in [-0.15, -0.1) is 0 Å². The van der Waals surface area contributed by atoms with Crippen molar-refractivity contribution >= 4 is 22.4 Å². The Morgan fingerprint density at radius 1 is 0.958 bits per heavy atom. The summed E-state index contributed by atoms with van der Waals surface area (Å²) in [7, 11) is 0. The summed E-state index contributed by atoms with van der Waals surface area (Å²) < 4.78 is 0. The summed E-state index contributed by atoms with van der Waals surface area (Å²) in [6, 6.07) is 17.5. The van der Waals surface area contributed by atoms with Crippen LogP contribution in [0, 0.1) is 13.8 Å². The van der Waals surface area contributed by atoms with Crippen LogP contribution in [0.3, 0.4) is 0 Å². The third-order valence-electron chi connectivity index (χ3n) is 4.42. The topological polar surface area (TPSA) is 40.5 Å². The van der Waals surface area contributed by atoms with Crippen molar-refractivity contribution in [1.82, 2.24) is 0 Å². The van der Waals surface area contributed by atoms with Crippen molar-refractivity contribution in [1.29, 1.82) is 0 Å². The van der Waals surface area contributed by atoms with Gasteiger partial charge in [-0.25, -0.2) is 0 Å². The Labute approximate surface area is 142 Å². The standard InChI is InChI=1S/C21H21NO2/c1-14-7-6-8-15(2)21(14)22(16(3)23)13-19-18-10-5-4-9-17(18)11-12-20(19)24/h4-12,24H,13H2,1-3H3. The monoisotopic (exact) mass is 319 g/mol. The Bertz CT molecular complexity index is 895. The highest BCUT2D eigenvalue weighted by molar-refractivity contribution is 5.95. The molecule has 0 aliphatic rings. The van der Waals surface area contributed by atoms with E-state index in [0.29, 0.717) is 6.54 Å². The van der Waals surface area contributed by atoms with Gasteiger partial charge in [0.05, 0.1) is 6.54 Å². The minimum absolute atomic E-state index is 0.0419. The number of nitrogens with zero attached hydrogens (tertiary/aromatic N) is 1. The van der Waals surface area contributed by atoms with Gasteiger partial charge in [0.1, 0.15) is 5.75 Å². The number of aryl methyl sites for hydroxylation is 2. The molecule has 1 amide bonds. The number of hydrogen-bond donors (Lipinski definition) is 1. The molecular formula is C21H21NO2. The second-order valence-electron chi connectivity index (χ2n) is 6.13. The van der Waals surface area contributed by atoms with Gasteiger partial charge in [-0.2, -0.15) is 0 Å². The molecule has 1 N–H and O–H groups in total. The first kappa shape index (κ1) is 16.1. The quantitative estimate of drug-likeness (QED) is 0.759. The number of aromatic hydroxyl groups is 1. The Morgan fingerprint density at radius 2 is 1.62 bits per heavy atom. The van der Waals surface area contributed by atoms with E-state index >= 15 is 0 Å². The second-order valence-corrected chi connectivity index (χ2v) is 6.13. The van der Waals surface area contributed by atoms with Crippen LogP contribution in [0.15, 0.2) is 54.6 Å². The number of carbonyl (C=O) groups excluding carboxylic acids is 1. The van der Waals surface area contributed by atoms with Crippen LogP contribution in [0.1, 0.15) is 23.6 Å². The summed E-state index contributed by atoms with van der Waals surface area (Å²) in [6.07, 6.45) is 0. The third-order valence-corrected chi connectivity index (χ3v) is 4.42. The number of benzene rings is 3. The van der Waals surface area contributed by atoms with E-state index in [1.54, 1.807) is 17.9 Å². The van der Waals surface area contributed by atoms with Crippen molar-refractivity contribution in [3.8, 4) is 5.75 Å². The molecule has 24 heavy (non-hydrogen) atoms. The molecule has 0 radical (unpaired) electrons. The lowest BCUT2D eigenvalue weighted by molar-refractivity contribution is -0.116. The molecule has 0 aliphatic heterocycles. The van der Waals surface area contributed by atoms with E-state index in [0.717, 1.165) is 33.2 Å². The maximum Gasteiger partial charge on any atom is 0.224 e. The minimum atomic E-state index is -0.0419. The largest absolute Gasteiger partial charge is 0.508 e. The molecule has 3 heteroatoms. The summed E-state index contributed by atoms with van der Waals surface area (Å²) in [4.78, 5) is 14.1. The van der Waals surface area contributed by atoms with Crippen molar-refractivity contribution in [3.63, 3.8) is 0 Å². The van der Waals surface area contributed by atoms with E-state index < -0.39 is 0 Å². The summed E-state index contributed by atoms with van der Waals surface area (Å²) in [5, 5.41) is 12.4. The molecule has 0 aromatic heterocycles. The first-order valence-corrected chi connectivity index (χ1v) is 8.03. The van der Waals surface area contributed by atoms with Crippen molar-refractivity contribution in [2.24, 2.45) is 0 Å². The molecule has 3 aromatic carbocycles. The van der Waals surface area contributed by atoms with Gasteiger partial charge in [-0.05, 0) is 41.8 Å². The number of fused-ring (bicyclic) bond motifs is 1. The molecule has 122 valence electrons. The summed E-state index contributed by atoms with van der Waals surface area (Å²) >= 11 is 0. The van der Waals surface area contributed by atoms with E-state index in [9.17, 15) is 9.90 Å². The minimum Gasteiger partial charge on any atom is -0.508 e. The number of phenols is 1. The molecule has 0 atom stereocenters. The maximum atomic E-state index is 12.3. The molecule has 3 rings (SSSR count). The first-order valence-electron chi connectivity index (χ1n) is 8.03. The van der Waals surface area contributed by atoms with Crippen LogP contribution < -0.4 is 4.90 Å². The fraction of sp³-hybridized carbons (Fsp3) is 0.190. The van der Waals surface area contributed by atoms with E-state index in [4.69, 9.17) is 0 Å². The fourth-order valence-corrected chi connectivity index (χ4v) is 3.23. The first-order chi connectivity index (χ1) is 11.5. The molecule has 0 fully saturated rings. The molecule has 0 aliphatic carbocycles. The van der Waals surface area contributed by atoms with Gasteiger partial charge in [-0.1, -0.05) is 48.5 Å². The van der Waals surface area contributed by atoms with Gasteiger partial charge >= 0.3 is 0 Å². The Kier molecular flexibility index (Phi) is 4.26. The highest BCUT2D eigenvalue weighted by atomic mass is 16.3. The fourth-order valence-electron chi connectivity index (χ4n) is 3.23. The summed E-state index contributed by atoms with van der Waals surface area (Å²) in [5.74, 6) is 0.172.